The molecule has 0 aromatic carbocycles. The number of rotatable bonds is 8. The lowest BCUT2D eigenvalue weighted by atomic mass is 10.2. The highest BCUT2D eigenvalue weighted by Gasteiger charge is 2.23. The van der Waals surface area contributed by atoms with Crippen molar-refractivity contribution < 1.29 is 14.3 Å². The third-order valence-electron chi connectivity index (χ3n) is 3.38. The highest BCUT2D eigenvalue weighted by atomic mass is 16.5. The van der Waals surface area contributed by atoms with Crippen LogP contribution in [0.3, 0.4) is 0 Å². The molecule has 1 saturated heterocycles. The molecule has 6 nitrogen and oxygen atoms in total. The van der Waals surface area contributed by atoms with E-state index in [1.54, 1.807) is 11.8 Å². The topological polar surface area (TPSA) is 61.9 Å². The van der Waals surface area contributed by atoms with Crippen LogP contribution in [0.5, 0.6) is 0 Å². The number of carbonyl (C=O) groups is 2. The molecule has 1 rings (SSSR count). The maximum atomic E-state index is 11.8. The molecule has 20 heavy (non-hydrogen) atoms. The van der Waals surface area contributed by atoms with E-state index in [2.05, 4.69) is 10.2 Å². The molecule has 0 bridgehead atoms. The lowest BCUT2D eigenvalue weighted by molar-refractivity contribution is -0.132. The molecule has 1 aliphatic rings. The lowest BCUT2D eigenvalue weighted by Crippen LogP contribution is -2.41. The molecule has 0 aliphatic carbocycles. The van der Waals surface area contributed by atoms with E-state index in [-0.39, 0.29) is 17.9 Å². The summed E-state index contributed by atoms with van der Waals surface area (Å²) < 4.78 is 5.31. The molecule has 0 aromatic heterocycles. The lowest BCUT2D eigenvalue weighted by Gasteiger charge is -2.22. The van der Waals surface area contributed by atoms with Crippen molar-refractivity contribution in [3.63, 3.8) is 0 Å². The molecule has 1 N–H and O–H groups in total. The van der Waals surface area contributed by atoms with E-state index in [1.165, 1.54) is 0 Å². The minimum Gasteiger partial charge on any atom is -0.368 e. The summed E-state index contributed by atoms with van der Waals surface area (Å²) >= 11 is 0. The van der Waals surface area contributed by atoms with Crippen LogP contribution in [0.1, 0.15) is 26.2 Å². The van der Waals surface area contributed by atoms with Gasteiger partial charge in [0.05, 0.1) is 0 Å². The standard InChI is InChI=1S/C14H27N3O3/c1-12(18)17(9-5-8-16(2)3)10-7-15-14(19)13-6-4-11-20-13/h13H,4-11H2,1-3H3,(H,15,19). The molecule has 0 aromatic rings. The highest BCUT2D eigenvalue weighted by molar-refractivity contribution is 5.81. The van der Waals surface area contributed by atoms with Gasteiger partial charge in [-0.1, -0.05) is 0 Å². The van der Waals surface area contributed by atoms with Crippen LogP contribution in [0.4, 0.5) is 0 Å². The Morgan fingerprint density at radius 1 is 1.25 bits per heavy atom. The van der Waals surface area contributed by atoms with Gasteiger partial charge in [-0.2, -0.15) is 0 Å². The van der Waals surface area contributed by atoms with Crippen molar-refractivity contribution in [2.24, 2.45) is 0 Å². The maximum absolute atomic E-state index is 11.8. The van der Waals surface area contributed by atoms with Gasteiger partial charge >= 0.3 is 0 Å². The Labute approximate surface area is 121 Å². The Hall–Kier alpha value is -1.14. The second kappa shape index (κ2) is 8.92. The largest absolute Gasteiger partial charge is 0.368 e. The van der Waals surface area contributed by atoms with E-state index in [1.807, 2.05) is 14.1 Å². The summed E-state index contributed by atoms with van der Waals surface area (Å²) in [5.41, 5.74) is 0. The van der Waals surface area contributed by atoms with E-state index < -0.39 is 0 Å². The first kappa shape index (κ1) is 16.9. The Bertz CT molecular complexity index is 315. The molecular weight excluding hydrogens is 258 g/mol. The molecule has 6 heteroatoms. The zero-order valence-corrected chi connectivity index (χ0v) is 12.9. The molecule has 116 valence electrons. The van der Waals surface area contributed by atoms with Crippen LogP contribution in [0.2, 0.25) is 0 Å². The minimum absolute atomic E-state index is 0.0510. The Morgan fingerprint density at radius 3 is 2.55 bits per heavy atom. The Morgan fingerprint density at radius 2 is 2.00 bits per heavy atom. The number of hydrogen-bond acceptors (Lipinski definition) is 4. The summed E-state index contributed by atoms with van der Waals surface area (Å²) in [5.74, 6) is -0.00517. The number of nitrogens with zero attached hydrogens (tertiary/aromatic N) is 2. The summed E-state index contributed by atoms with van der Waals surface area (Å²) in [6.07, 6.45) is 2.38. The van der Waals surface area contributed by atoms with Crippen LogP contribution in [-0.2, 0) is 14.3 Å². The van der Waals surface area contributed by atoms with Crippen LogP contribution in [0.25, 0.3) is 0 Å². The van der Waals surface area contributed by atoms with E-state index in [0.717, 1.165) is 32.4 Å². The van der Waals surface area contributed by atoms with Crippen LogP contribution < -0.4 is 5.32 Å². The predicted octanol–water partition coefficient (Wildman–Crippen LogP) is 0.0818. The molecule has 0 spiro atoms. The van der Waals surface area contributed by atoms with Crippen LogP contribution in [0, 0.1) is 0 Å². The van der Waals surface area contributed by atoms with Crippen LogP contribution in [-0.4, -0.2) is 74.6 Å². The van der Waals surface area contributed by atoms with Gasteiger partial charge in [0.15, 0.2) is 0 Å². The summed E-state index contributed by atoms with van der Waals surface area (Å²) in [4.78, 5) is 27.2. The molecule has 2 amide bonds. The first-order chi connectivity index (χ1) is 9.50. The van der Waals surface area contributed by atoms with Gasteiger partial charge in [0.25, 0.3) is 0 Å². The molecule has 1 atom stereocenters. The van der Waals surface area contributed by atoms with Crippen molar-refractivity contribution in [2.45, 2.75) is 32.3 Å². The first-order valence-electron chi connectivity index (χ1n) is 7.30. The minimum atomic E-state index is -0.297. The highest BCUT2D eigenvalue weighted by Crippen LogP contribution is 2.11. The molecule has 1 fully saturated rings. The fraction of sp³-hybridized carbons (Fsp3) is 0.857. The van der Waals surface area contributed by atoms with Crippen molar-refractivity contribution in [3.8, 4) is 0 Å². The quantitative estimate of drug-likeness (QED) is 0.686. The fourth-order valence-corrected chi connectivity index (χ4v) is 2.22. The third-order valence-corrected chi connectivity index (χ3v) is 3.38. The van der Waals surface area contributed by atoms with Gasteiger partial charge in [0, 0.05) is 33.2 Å². The summed E-state index contributed by atoms with van der Waals surface area (Å²) in [5, 5.41) is 2.84. The summed E-state index contributed by atoms with van der Waals surface area (Å²) in [6, 6.07) is 0. The molecule has 1 aliphatic heterocycles. The molecule has 0 radical (unpaired) electrons. The molecule has 1 unspecified atom stereocenters. The first-order valence-corrected chi connectivity index (χ1v) is 7.30. The second-order valence-electron chi connectivity index (χ2n) is 5.46. The van der Waals surface area contributed by atoms with Gasteiger partial charge in [-0.3, -0.25) is 9.59 Å². The van der Waals surface area contributed by atoms with E-state index >= 15 is 0 Å². The monoisotopic (exact) mass is 285 g/mol. The molecule has 0 saturated carbocycles. The average Bonchev–Trinajstić information content (AvgIpc) is 2.89. The number of carbonyl (C=O) groups excluding carboxylic acids is 2. The number of hydrogen-bond donors (Lipinski definition) is 1. The van der Waals surface area contributed by atoms with Crippen molar-refractivity contribution in [3.05, 3.63) is 0 Å². The van der Waals surface area contributed by atoms with Crippen LogP contribution >= 0.6 is 0 Å². The zero-order valence-electron chi connectivity index (χ0n) is 12.9. The van der Waals surface area contributed by atoms with Gasteiger partial charge in [-0.15, -0.1) is 0 Å². The smallest absolute Gasteiger partial charge is 0.249 e. The van der Waals surface area contributed by atoms with Gasteiger partial charge in [0.2, 0.25) is 11.8 Å². The fourth-order valence-electron chi connectivity index (χ4n) is 2.22. The van der Waals surface area contributed by atoms with Crippen molar-refractivity contribution in [1.82, 2.24) is 15.1 Å². The molecule has 1 heterocycles. The Balaban J connectivity index is 2.21. The van der Waals surface area contributed by atoms with Gasteiger partial charge in [0.1, 0.15) is 6.10 Å². The van der Waals surface area contributed by atoms with Crippen molar-refractivity contribution >= 4 is 11.8 Å². The average molecular weight is 285 g/mol. The number of nitrogens with one attached hydrogen (secondary N) is 1. The van der Waals surface area contributed by atoms with Crippen LogP contribution in [0.15, 0.2) is 0 Å². The van der Waals surface area contributed by atoms with Crippen molar-refractivity contribution in [2.75, 3.05) is 46.9 Å². The van der Waals surface area contributed by atoms with Crippen molar-refractivity contribution in [1.29, 1.82) is 0 Å². The van der Waals surface area contributed by atoms with E-state index in [0.29, 0.717) is 19.7 Å². The maximum Gasteiger partial charge on any atom is 0.249 e. The normalized spacial score (nSPS) is 18.3. The third kappa shape index (κ3) is 6.34. The van der Waals surface area contributed by atoms with E-state index in [9.17, 15) is 9.59 Å². The van der Waals surface area contributed by atoms with Gasteiger partial charge < -0.3 is 19.9 Å². The Kier molecular flexibility index (Phi) is 7.54. The van der Waals surface area contributed by atoms with E-state index in [4.69, 9.17) is 4.74 Å². The summed E-state index contributed by atoms with van der Waals surface area (Å²) in [6.45, 7) is 4.95. The van der Waals surface area contributed by atoms with Gasteiger partial charge in [-0.05, 0) is 39.9 Å². The SMILES string of the molecule is CC(=O)N(CCCN(C)C)CCNC(=O)C1CCCO1. The summed E-state index contributed by atoms with van der Waals surface area (Å²) in [7, 11) is 4.03. The predicted molar refractivity (Wildman–Crippen MR) is 77.4 cm³/mol. The number of amides is 2. The zero-order chi connectivity index (χ0) is 15.0. The number of ether oxygens (including phenoxy) is 1. The van der Waals surface area contributed by atoms with Gasteiger partial charge in [-0.25, -0.2) is 0 Å². The molecular formula is C14H27N3O3. The second-order valence-corrected chi connectivity index (χ2v) is 5.46.